The predicted octanol–water partition coefficient (Wildman–Crippen LogP) is 4.20. The van der Waals surface area contributed by atoms with Crippen LogP contribution in [0.2, 0.25) is 0 Å². The van der Waals surface area contributed by atoms with Crippen molar-refractivity contribution in [2.75, 3.05) is 0 Å². The van der Waals surface area contributed by atoms with E-state index in [0.717, 1.165) is 33.3 Å². The quantitative estimate of drug-likeness (QED) is 0.516. The molecule has 7 heteroatoms. The fourth-order valence-electron chi connectivity index (χ4n) is 3.22. The van der Waals surface area contributed by atoms with Crippen LogP contribution in [0.1, 0.15) is 30.5 Å². The van der Waals surface area contributed by atoms with E-state index in [0.29, 0.717) is 6.42 Å². The average Bonchev–Trinajstić information content (AvgIpc) is 2.60. The summed E-state index contributed by atoms with van der Waals surface area (Å²) in [7, 11) is 0. The number of nitrogens with zero attached hydrogens (tertiary/aromatic N) is 3. The first-order valence-corrected chi connectivity index (χ1v) is 8.33. The Bertz CT molecular complexity index is 1040. The minimum atomic E-state index is -1.50. The molecule has 138 valence electrons. The third kappa shape index (κ3) is 4.08. The van der Waals surface area contributed by atoms with Gasteiger partial charge in [-0.2, -0.15) is 0 Å². The molecule has 2 heterocycles. The van der Waals surface area contributed by atoms with Gasteiger partial charge in [0.15, 0.2) is 0 Å². The number of fused-ring (bicyclic) bond motifs is 2. The lowest BCUT2D eigenvalue weighted by Gasteiger charge is -2.29. The Morgan fingerprint density at radius 1 is 1.19 bits per heavy atom. The lowest BCUT2D eigenvalue weighted by atomic mass is 9.85. The second kappa shape index (κ2) is 7.11. The summed E-state index contributed by atoms with van der Waals surface area (Å²) in [6.07, 6.45) is 2.44. The first kappa shape index (κ1) is 18.4. The van der Waals surface area contributed by atoms with Crippen LogP contribution in [0.25, 0.3) is 10.9 Å². The molecule has 27 heavy (non-hydrogen) atoms. The number of aromatic nitrogens is 1. The predicted molar refractivity (Wildman–Crippen MR) is 100 cm³/mol. The van der Waals surface area contributed by atoms with Crippen LogP contribution in [0.4, 0.5) is 4.39 Å². The summed E-state index contributed by atoms with van der Waals surface area (Å²) in [4.78, 5) is 17.8. The van der Waals surface area contributed by atoms with Gasteiger partial charge in [0.25, 0.3) is 5.09 Å². The maximum Gasteiger partial charge on any atom is 0.291 e. The fourth-order valence-corrected chi connectivity index (χ4v) is 3.22. The largest absolute Gasteiger partial charge is 0.328 e. The van der Waals surface area contributed by atoms with Gasteiger partial charge in [0.05, 0.1) is 16.8 Å². The zero-order valence-electron chi connectivity index (χ0n) is 14.9. The number of hydrogen-bond acceptors (Lipinski definition) is 4. The van der Waals surface area contributed by atoms with Gasteiger partial charge < -0.3 is 5.21 Å². The van der Waals surface area contributed by atoms with Crippen LogP contribution in [0.15, 0.2) is 59.7 Å². The molecule has 0 aliphatic carbocycles. The van der Waals surface area contributed by atoms with Crippen molar-refractivity contribution in [3.8, 4) is 0 Å². The molecule has 1 aromatic heterocycles. The number of aliphatic imine (C=N–C) groups is 1. The van der Waals surface area contributed by atoms with Gasteiger partial charge in [-0.1, -0.05) is 30.3 Å². The summed E-state index contributed by atoms with van der Waals surface area (Å²) in [5.41, 5.74) is 4.01. The summed E-state index contributed by atoms with van der Waals surface area (Å²) < 4.78 is 14.3. The first-order valence-electron chi connectivity index (χ1n) is 8.33. The topological polar surface area (TPSA) is 88.6 Å². The Balaban J connectivity index is 0.000000481. The number of para-hydroxylation sites is 1. The van der Waals surface area contributed by atoms with Crippen molar-refractivity contribution in [2.24, 2.45) is 4.99 Å². The van der Waals surface area contributed by atoms with Crippen molar-refractivity contribution in [1.82, 2.24) is 4.98 Å². The maximum atomic E-state index is 14.3. The number of halogens is 1. The smallest absolute Gasteiger partial charge is 0.291 e. The Kier molecular flexibility index (Phi) is 4.85. The monoisotopic (exact) mass is 367 g/mol. The van der Waals surface area contributed by atoms with Crippen LogP contribution in [-0.4, -0.2) is 26.5 Å². The molecule has 2 aromatic carbocycles. The van der Waals surface area contributed by atoms with Crippen molar-refractivity contribution < 1.29 is 14.7 Å². The summed E-state index contributed by atoms with van der Waals surface area (Å²) in [6, 6.07) is 15.3. The van der Waals surface area contributed by atoms with E-state index in [1.807, 2.05) is 50.4 Å². The van der Waals surface area contributed by atoms with E-state index >= 15 is 0 Å². The lowest BCUT2D eigenvalue weighted by molar-refractivity contribution is -0.742. The number of pyridine rings is 1. The van der Waals surface area contributed by atoms with Crippen LogP contribution in [0.5, 0.6) is 0 Å². The van der Waals surface area contributed by atoms with E-state index in [9.17, 15) is 4.39 Å². The second-order valence-electron chi connectivity index (χ2n) is 6.87. The molecule has 0 spiro atoms. The molecule has 6 nitrogen and oxygen atoms in total. The van der Waals surface area contributed by atoms with Crippen molar-refractivity contribution in [2.45, 2.75) is 25.8 Å². The molecular weight excluding hydrogens is 349 g/mol. The number of rotatable bonds is 1. The molecule has 1 N–H and O–H groups in total. The van der Waals surface area contributed by atoms with Crippen LogP contribution < -0.4 is 0 Å². The minimum absolute atomic E-state index is 0.156. The molecule has 3 aromatic rings. The van der Waals surface area contributed by atoms with Gasteiger partial charge in [-0.15, -0.1) is 10.1 Å². The molecule has 0 saturated carbocycles. The molecule has 0 radical (unpaired) electrons. The van der Waals surface area contributed by atoms with Gasteiger partial charge in [-0.05, 0) is 37.6 Å². The summed E-state index contributed by atoms with van der Waals surface area (Å²) in [5.74, 6) is -0.156. The molecule has 0 fully saturated rings. The standard InChI is InChI=1S/C20H17FN2.HNO3/c1-20(2)11-16-15(7-5-8-17(16)21)19(23-20)14-10-13-6-3-4-9-18(13)22-12-14;2-1(3)4/h3-10,12H,11H2,1-2H3;(H,2,3,4). The molecule has 0 unspecified atom stereocenters. The molecule has 1 aliphatic heterocycles. The average molecular weight is 367 g/mol. The normalized spacial score (nSPS) is 14.6. The highest BCUT2D eigenvalue weighted by atomic mass is 19.1. The SMILES string of the molecule is CC1(C)Cc2c(F)cccc2C(c2cnc3ccccc3c2)=N1.O=[N+]([O-])O. The van der Waals surface area contributed by atoms with Gasteiger partial charge in [-0.25, -0.2) is 4.39 Å². The van der Waals surface area contributed by atoms with Crippen molar-refractivity contribution in [3.05, 3.63) is 87.3 Å². The van der Waals surface area contributed by atoms with Gasteiger partial charge in [0, 0.05) is 29.1 Å². The van der Waals surface area contributed by atoms with E-state index in [1.54, 1.807) is 6.07 Å². The Hall–Kier alpha value is -3.35. The van der Waals surface area contributed by atoms with Crippen molar-refractivity contribution in [1.29, 1.82) is 0 Å². The summed E-state index contributed by atoms with van der Waals surface area (Å²) in [5, 5.41) is 14.7. The molecule has 0 saturated heterocycles. The van der Waals surface area contributed by atoms with Gasteiger partial charge in [-0.3, -0.25) is 9.98 Å². The number of benzene rings is 2. The van der Waals surface area contributed by atoms with Crippen LogP contribution >= 0.6 is 0 Å². The summed E-state index contributed by atoms with van der Waals surface area (Å²) in [6.45, 7) is 4.08. The van der Waals surface area contributed by atoms with Crippen LogP contribution in [-0.2, 0) is 6.42 Å². The highest BCUT2D eigenvalue weighted by molar-refractivity contribution is 6.15. The Morgan fingerprint density at radius 2 is 1.89 bits per heavy atom. The van der Waals surface area contributed by atoms with E-state index in [-0.39, 0.29) is 11.4 Å². The van der Waals surface area contributed by atoms with E-state index < -0.39 is 5.09 Å². The van der Waals surface area contributed by atoms with Gasteiger partial charge >= 0.3 is 0 Å². The lowest BCUT2D eigenvalue weighted by Crippen LogP contribution is -2.30. The molecular formula is C20H18FN3O3. The van der Waals surface area contributed by atoms with E-state index in [2.05, 4.69) is 11.1 Å². The zero-order valence-corrected chi connectivity index (χ0v) is 14.9. The van der Waals surface area contributed by atoms with Gasteiger partial charge in [0.1, 0.15) is 5.82 Å². The minimum Gasteiger partial charge on any atom is -0.328 e. The molecule has 0 amide bonds. The Labute approximate surface area is 155 Å². The fraction of sp³-hybridized carbons (Fsp3) is 0.200. The van der Waals surface area contributed by atoms with Crippen LogP contribution in [0.3, 0.4) is 0 Å². The maximum absolute atomic E-state index is 14.3. The third-order valence-electron chi connectivity index (χ3n) is 4.26. The molecule has 0 atom stereocenters. The highest BCUT2D eigenvalue weighted by Gasteiger charge is 2.29. The van der Waals surface area contributed by atoms with E-state index in [1.165, 1.54) is 6.07 Å². The molecule has 0 bridgehead atoms. The molecule has 1 aliphatic rings. The van der Waals surface area contributed by atoms with Gasteiger partial charge in [0.2, 0.25) is 0 Å². The highest BCUT2D eigenvalue weighted by Crippen LogP contribution is 2.31. The zero-order chi connectivity index (χ0) is 19.6. The third-order valence-corrected chi connectivity index (χ3v) is 4.26. The summed E-state index contributed by atoms with van der Waals surface area (Å²) >= 11 is 0. The van der Waals surface area contributed by atoms with Crippen molar-refractivity contribution >= 4 is 16.6 Å². The number of hydrogen-bond donors (Lipinski definition) is 1. The van der Waals surface area contributed by atoms with E-state index in [4.69, 9.17) is 20.3 Å². The van der Waals surface area contributed by atoms with Crippen LogP contribution in [0, 0.1) is 15.9 Å². The van der Waals surface area contributed by atoms with Crippen molar-refractivity contribution in [3.63, 3.8) is 0 Å². The second-order valence-corrected chi connectivity index (χ2v) is 6.87. The molecule has 4 rings (SSSR count). The Morgan fingerprint density at radius 3 is 2.63 bits per heavy atom. The first-order chi connectivity index (χ1) is 12.8.